The maximum atomic E-state index is 13.4. The van der Waals surface area contributed by atoms with Crippen molar-refractivity contribution >= 4 is 11.9 Å². The van der Waals surface area contributed by atoms with Crippen LogP contribution in [0.5, 0.6) is 0 Å². The van der Waals surface area contributed by atoms with E-state index >= 15 is 0 Å². The quantitative estimate of drug-likeness (QED) is 0.775. The van der Waals surface area contributed by atoms with Gasteiger partial charge in [0.2, 0.25) is 5.69 Å². The van der Waals surface area contributed by atoms with E-state index in [-0.39, 0.29) is 12.1 Å². The molecule has 2 rings (SSSR count). The maximum absolute atomic E-state index is 13.4. The molecule has 0 saturated heterocycles. The van der Waals surface area contributed by atoms with Crippen molar-refractivity contribution in [2.75, 3.05) is 27.4 Å². The van der Waals surface area contributed by atoms with Crippen LogP contribution < -0.4 is 0 Å². The highest BCUT2D eigenvalue weighted by molar-refractivity contribution is 5.98. The van der Waals surface area contributed by atoms with Crippen LogP contribution in [0.4, 0.5) is 4.39 Å². The van der Waals surface area contributed by atoms with Crippen LogP contribution >= 0.6 is 0 Å². The van der Waals surface area contributed by atoms with E-state index in [0.29, 0.717) is 0 Å². The molecule has 150 valence electrons. The fourth-order valence-corrected chi connectivity index (χ4v) is 1.77. The predicted octanol–water partition coefficient (Wildman–Crippen LogP) is 2.17. The van der Waals surface area contributed by atoms with Gasteiger partial charge in [-0.2, -0.15) is 0 Å². The predicted molar refractivity (Wildman–Crippen MR) is 94.5 cm³/mol. The highest BCUT2D eigenvalue weighted by atomic mass is 19.1. The van der Waals surface area contributed by atoms with E-state index in [2.05, 4.69) is 15.0 Å². The molecule has 1 aromatic carbocycles. The Bertz CT molecular complexity index is 718. The number of hydrogen-bond acceptors (Lipinski definition) is 6. The van der Waals surface area contributed by atoms with Crippen LogP contribution in [0, 0.1) is 5.82 Å². The number of nitrogens with zero attached hydrogens (tertiary/aromatic N) is 3. The number of carboxylic acids is 2. The number of aromatic nitrogens is 3. The van der Waals surface area contributed by atoms with Gasteiger partial charge in [-0.15, -0.1) is 5.10 Å². The lowest BCUT2D eigenvalue weighted by Gasteiger charge is -2.04. The van der Waals surface area contributed by atoms with Crippen LogP contribution in [0.25, 0.3) is 0 Å². The summed E-state index contributed by atoms with van der Waals surface area (Å²) in [5.74, 6) is -3.53. The van der Waals surface area contributed by atoms with Gasteiger partial charge in [0, 0.05) is 33.0 Å². The Kier molecular flexibility index (Phi) is 12.0. The Morgan fingerprint density at radius 3 is 2.07 bits per heavy atom. The van der Waals surface area contributed by atoms with E-state index in [1.807, 2.05) is 13.8 Å². The number of benzene rings is 1. The van der Waals surface area contributed by atoms with Crippen LogP contribution in [0.15, 0.2) is 24.3 Å². The van der Waals surface area contributed by atoms with E-state index in [0.717, 1.165) is 17.9 Å². The normalized spacial score (nSPS) is 9.52. The van der Waals surface area contributed by atoms with E-state index in [9.17, 15) is 14.0 Å². The van der Waals surface area contributed by atoms with Crippen LogP contribution in [-0.4, -0.2) is 64.6 Å². The first-order valence-corrected chi connectivity index (χ1v) is 7.95. The molecule has 0 amide bonds. The molecular weight excluding hydrogens is 361 g/mol. The maximum Gasteiger partial charge on any atom is 0.359 e. The van der Waals surface area contributed by atoms with E-state index in [4.69, 9.17) is 14.9 Å². The summed E-state index contributed by atoms with van der Waals surface area (Å²) in [4.78, 5) is 21.8. The summed E-state index contributed by atoms with van der Waals surface area (Å²) in [7, 11) is 3.25. The molecular formula is C17H24FN3O6. The fraction of sp³-hybridized carbons (Fsp3) is 0.412. The molecule has 0 atom stereocenters. The summed E-state index contributed by atoms with van der Waals surface area (Å²) < 4.78 is 23.4. The van der Waals surface area contributed by atoms with Gasteiger partial charge >= 0.3 is 11.9 Å². The number of aromatic carboxylic acids is 2. The first kappa shape index (κ1) is 24.1. The average Bonchev–Trinajstić information content (AvgIpc) is 3.03. The van der Waals surface area contributed by atoms with Crippen molar-refractivity contribution in [1.82, 2.24) is 15.0 Å². The number of halogens is 1. The molecule has 0 aliphatic rings. The van der Waals surface area contributed by atoms with Gasteiger partial charge in [-0.05, 0) is 19.9 Å². The Morgan fingerprint density at radius 2 is 1.67 bits per heavy atom. The monoisotopic (exact) mass is 385 g/mol. The molecule has 0 fully saturated rings. The number of carboxylic acid groups (broad SMARTS) is 2. The Balaban J connectivity index is 0.000000719. The van der Waals surface area contributed by atoms with Crippen molar-refractivity contribution < 1.29 is 33.7 Å². The lowest BCUT2D eigenvalue weighted by molar-refractivity contribution is 0.0640. The average molecular weight is 385 g/mol. The minimum atomic E-state index is -1.50. The molecule has 0 aliphatic heterocycles. The molecule has 2 aromatic rings. The molecule has 1 heterocycles. The Hall–Kier alpha value is -2.85. The zero-order chi connectivity index (χ0) is 20.8. The molecule has 0 radical (unpaired) electrons. The molecule has 1 aromatic heterocycles. The Labute approximate surface area is 156 Å². The third-order valence-electron chi connectivity index (χ3n) is 2.83. The lowest BCUT2D eigenvalue weighted by Crippen LogP contribution is -2.15. The molecule has 27 heavy (non-hydrogen) atoms. The van der Waals surface area contributed by atoms with Gasteiger partial charge < -0.3 is 19.7 Å². The number of hydrogen-bond donors (Lipinski definition) is 2. The van der Waals surface area contributed by atoms with Crippen molar-refractivity contribution in [3.8, 4) is 0 Å². The number of methoxy groups -OCH3 is 1. The highest BCUT2D eigenvalue weighted by Crippen LogP contribution is 2.12. The number of carbonyl (C=O) groups is 2. The summed E-state index contributed by atoms with van der Waals surface area (Å²) in [6.45, 7) is 5.45. The van der Waals surface area contributed by atoms with Crippen molar-refractivity contribution in [2.45, 2.75) is 20.4 Å². The van der Waals surface area contributed by atoms with E-state index < -0.39 is 29.1 Å². The third-order valence-corrected chi connectivity index (χ3v) is 2.83. The standard InChI is InChI=1S/C11H8FN3O4.C4H10O.C2H6O/c12-7-4-2-1-3-6(7)5-15-9(11(18)19)8(10(16)17)13-14-15;1-3-5-4-2;1-3-2/h1-4H,5H2,(H,16,17)(H,18,19);3-4H2,1-2H3;1-2H3. The second-order valence-electron chi connectivity index (χ2n) is 4.84. The number of ether oxygens (including phenoxy) is 2. The van der Waals surface area contributed by atoms with Crippen molar-refractivity contribution in [3.63, 3.8) is 0 Å². The summed E-state index contributed by atoms with van der Waals surface area (Å²) in [5, 5.41) is 24.5. The van der Waals surface area contributed by atoms with Crippen molar-refractivity contribution in [2.24, 2.45) is 0 Å². The van der Waals surface area contributed by atoms with Gasteiger partial charge in [0.1, 0.15) is 5.82 Å². The second-order valence-corrected chi connectivity index (χ2v) is 4.84. The first-order chi connectivity index (χ1) is 12.8. The van der Waals surface area contributed by atoms with E-state index in [1.54, 1.807) is 20.3 Å². The van der Waals surface area contributed by atoms with Crippen molar-refractivity contribution in [1.29, 1.82) is 0 Å². The SMILES string of the molecule is CCOCC.COC.O=C(O)c1nnn(Cc2ccccc2F)c1C(=O)O. The zero-order valence-electron chi connectivity index (χ0n) is 15.7. The van der Waals surface area contributed by atoms with Crippen LogP contribution in [-0.2, 0) is 16.0 Å². The van der Waals surface area contributed by atoms with Crippen LogP contribution in [0.2, 0.25) is 0 Å². The van der Waals surface area contributed by atoms with Gasteiger partial charge in [-0.1, -0.05) is 23.4 Å². The van der Waals surface area contributed by atoms with Crippen molar-refractivity contribution in [3.05, 3.63) is 47.0 Å². The molecule has 0 aliphatic carbocycles. The summed E-state index contributed by atoms with van der Waals surface area (Å²) in [6, 6.07) is 5.72. The summed E-state index contributed by atoms with van der Waals surface area (Å²) >= 11 is 0. The molecule has 10 heteroatoms. The first-order valence-electron chi connectivity index (χ1n) is 7.95. The van der Waals surface area contributed by atoms with Gasteiger partial charge in [-0.25, -0.2) is 18.7 Å². The molecule has 0 spiro atoms. The zero-order valence-corrected chi connectivity index (χ0v) is 15.7. The minimum Gasteiger partial charge on any atom is -0.476 e. The fourth-order valence-electron chi connectivity index (χ4n) is 1.77. The van der Waals surface area contributed by atoms with Crippen LogP contribution in [0.3, 0.4) is 0 Å². The van der Waals surface area contributed by atoms with E-state index in [1.165, 1.54) is 18.2 Å². The Morgan fingerprint density at radius 1 is 1.11 bits per heavy atom. The van der Waals surface area contributed by atoms with Gasteiger partial charge in [0.25, 0.3) is 0 Å². The summed E-state index contributed by atoms with van der Waals surface area (Å²) in [5.41, 5.74) is -1.08. The topological polar surface area (TPSA) is 124 Å². The minimum absolute atomic E-state index is 0.187. The number of rotatable bonds is 6. The molecule has 2 N–H and O–H groups in total. The van der Waals surface area contributed by atoms with Gasteiger partial charge in [0.05, 0.1) is 6.54 Å². The summed E-state index contributed by atoms with van der Waals surface area (Å²) in [6.07, 6.45) is 0. The molecule has 0 saturated carbocycles. The van der Waals surface area contributed by atoms with Gasteiger partial charge in [0.15, 0.2) is 5.69 Å². The highest BCUT2D eigenvalue weighted by Gasteiger charge is 2.25. The van der Waals surface area contributed by atoms with Crippen LogP contribution in [0.1, 0.15) is 40.4 Å². The largest absolute Gasteiger partial charge is 0.476 e. The smallest absolute Gasteiger partial charge is 0.359 e. The third kappa shape index (κ3) is 8.38. The second kappa shape index (κ2) is 13.4. The molecule has 0 bridgehead atoms. The lowest BCUT2D eigenvalue weighted by atomic mass is 10.2. The molecule has 0 unspecified atom stereocenters. The molecule has 9 nitrogen and oxygen atoms in total. The van der Waals surface area contributed by atoms with Gasteiger partial charge in [-0.3, -0.25) is 0 Å².